The molecule has 0 bridgehead atoms. The number of rotatable bonds is 2. The third-order valence-electron chi connectivity index (χ3n) is 2.72. The molecule has 6 heteroatoms. The molecule has 2 heterocycles. The Morgan fingerprint density at radius 2 is 2.33 bits per heavy atom. The van der Waals surface area contributed by atoms with E-state index in [1.807, 2.05) is 0 Å². The number of nitrogens with zero attached hydrogens (tertiary/aromatic N) is 3. The van der Waals surface area contributed by atoms with Crippen LogP contribution >= 0.6 is 0 Å². The summed E-state index contributed by atoms with van der Waals surface area (Å²) in [5.74, 6) is 0.659. The summed E-state index contributed by atoms with van der Waals surface area (Å²) in [5, 5.41) is 7.39. The summed E-state index contributed by atoms with van der Waals surface area (Å²) in [5.41, 5.74) is -0.112. The summed E-state index contributed by atoms with van der Waals surface area (Å²) >= 11 is 0. The molecule has 0 saturated heterocycles. The van der Waals surface area contributed by atoms with Gasteiger partial charge in [-0.3, -0.25) is 0 Å². The van der Waals surface area contributed by atoms with Gasteiger partial charge in [-0.25, -0.2) is 4.39 Å². The Morgan fingerprint density at radius 1 is 1.53 bits per heavy atom. The highest BCUT2D eigenvalue weighted by Crippen LogP contribution is 2.49. The molecule has 1 aliphatic carbocycles. The molecule has 1 fully saturated rings. The van der Waals surface area contributed by atoms with Crippen molar-refractivity contribution in [2.24, 2.45) is 0 Å². The van der Waals surface area contributed by atoms with Gasteiger partial charge in [0.25, 0.3) is 0 Å². The molecule has 0 aromatic carbocycles. The van der Waals surface area contributed by atoms with Gasteiger partial charge in [0.15, 0.2) is 5.69 Å². The summed E-state index contributed by atoms with van der Waals surface area (Å²) in [6.45, 7) is 1.76. The van der Waals surface area contributed by atoms with Crippen LogP contribution in [0.25, 0.3) is 11.5 Å². The number of halogens is 1. The van der Waals surface area contributed by atoms with Gasteiger partial charge >= 0.3 is 0 Å². The topological polar surface area (TPSA) is 65.0 Å². The fraction of sp³-hybridized carbons (Fsp3) is 0.444. The lowest BCUT2D eigenvalue weighted by Crippen LogP contribution is -2.04. The third-order valence-corrected chi connectivity index (χ3v) is 2.72. The standard InChI is InChI=1S/C9H8FN3O2/c1-9(4-6(9)10)8-11-7(13-15-8)5-2-3-14-12-5/h2-3,6H,4H2,1H3. The second-order valence-corrected chi connectivity index (χ2v) is 3.90. The van der Waals surface area contributed by atoms with E-state index in [-0.39, 0.29) is 0 Å². The quantitative estimate of drug-likeness (QED) is 0.753. The largest absolute Gasteiger partial charge is 0.364 e. The van der Waals surface area contributed by atoms with Crippen LogP contribution in [0.4, 0.5) is 4.39 Å². The van der Waals surface area contributed by atoms with E-state index < -0.39 is 11.6 Å². The molecule has 2 aromatic rings. The smallest absolute Gasteiger partial charge is 0.236 e. The molecular weight excluding hydrogens is 201 g/mol. The van der Waals surface area contributed by atoms with Crippen molar-refractivity contribution in [2.75, 3.05) is 0 Å². The van der Waals surface area contributed by atoms with Crippen LogP contribution in [0.5, 0.6) is 0 Å². The van der Waals surface area contributed by atoms with Gasteiger partial charge in [-0.15, -0.1) is 0 Å². The Balaban J connectivity index is 1.95. The first kappa shape index (κ1) is 8.58. The van der Waals surface area contributed by atoms with Gasteiger partial charge < -0.3 is 9.05 Å². The second-order valence-electron chi connectivity index (χ2n) is 3.90. The highest BCUT2D eigenvalue weighted by molar-refractivity contribution is 5.46. The summed E-state index contributed by atoms with van der Waals surface area (Å²) in [7, 11) is 0. The lowest BCUT2D eigenvalue weighted by Gasteiger charge is -1.97. The van der Waals surface area contributed by atoms with E-state index in [0.29, 0.717) is 23.8 Å². The summed E-state index contributed by atoms with van der Waals surface area (Å²) in [6.07, 6.45) is 0.971. The highest BCUT2D eigenvalue weighted by Gasteiger charge is 2.57. The van der Waals surface area contributed by atoms with Crippen molar-refractivity contribution < 1.29 is 13.4 Å². The van der Waals surface area contributed by atoms with Gasteiger partial charge in [0.2, 0.25) is 11.7 Å². The summed E-state index contributed by atoms with van der Waals surface area (Å²) in [6, 6.07) is 1.62. The zero-order valence-corrected chi connectivity index (χ0v) is 7.98. The number of hydrogen-bond donors (Lipinski definition) is 0. The maximum atomic E-state index is 13.0. The van der Waals surface area contributed by atoms with Crippen molar-refractivity contribution in [1.82, 2.24) is 15.3 Å². The second kappa shape index (κ2) is 2.65. The molecule has 0 N–H and O–H groups in total. The first-order valence-corrected chi connectivity index (χ1v) is 4.59. The van der Waals surface area contributed by atoms with Crippen molar-refractivity contribution >= 4 is 0 Å². The number of hydrogen-bond acceptors (Lipinski definition) is 5. The van der Waals surface area contributed by atoms with E-state index in [0.717, 1.165) is 0 Å². The molecule has 0 radical (unpaired) electrons. The van der Waals surface area contributed by atoms with Crippen LogP contribution in [-0.4, -0.2) is 21.5 Å². The van der Waals surface area contributed by atoms with Crippen molar-refractivity contribution in [3.8, 4) is 11.5 Å². The predicted octanol–water partition coefficient (Wildman–Crippen LogP) is 1.72. The molecule has 5 nitrogen and oxygen atoms in total. The van der Waals surface area contributed by atoms with Crippen LogP contribution in [0, 0.1) is 0 Å². The minimum absolute atomic E-state index is 0.327. The maximum Gasteiger partial charge on any atom is 0.236 e. The summed E-state index contributed by atoms with van der Waals surface area (Å²) < 4.78 is 22.7. The summed E-state index contributed by atoms with van der Waals surface area (Å²) in [4.78, 5) is 4.10. The molecule has 15 heavy (non-hydrogen) atoms. The Bertz CT molecular complexity index is 481. The maximum absolute atomic E-state index is 13.0. The molecule has 1 saturated carbocycles. The fourth-order valence-corrected chi connectivity index (χ4v) is 1.42. The Hall–Kier alpha value is -1.72. The molecule has 2 atom stereocenters. The van der Waals surface area contributed by atoms with Crippen molar-refractivity contribution in [3.63, 3.8) is 0 Å². The molecule has 0 amide bonds. The van der Waals surface area contributed by atoms with Crippen molar-refractivity contribution in [2.45, 2.75) is 24.9 Å². The zero-order chi connectivity index (χ0) is 10.5. The van der Waals surface area contributed by atoms with Gasteiger partial charge in [0.05, 0.1) is 5.41 Å². The molecule has 78 valence electrons. The van der Waals surface area contributed by atoms with Crippen LogP contribution in [0.1, 0.15) is 19.2 Å². The molecule has 3 rings (SSSR count). The zero-order valence-electron chi connectivity index (χ0n) is 7.98. The van der Waals surface area contributed by atoms with Crippen LogP contribution in [0.15, 0.2) is 21.4 Å². The molecular formula is C9H8FN3O2. The normalized spacial score (nSPS) is 29.3. The monoisotopic (exact) mass is 209 g/mol. The van der Waals surface area contributed by atoms with Crippen molar-refractivity contribution in [1.29, 1.82) is 0 Å². The average molecular weight is 209 g/mol. The Kier molecular flexibility index (Phi) is 1.52. The van der Waals surface area contributed by atoms with E-state index in [1.54, 1.807) is 13.0 Å². The lowest BCUT2D eigenvalue weighted by atomic mass is 10.1. The number of alkyl halides is 1. The SMILES string of the molecule is CC1(c2nc(-c3ccon3)no2)CC1F. The van der Waals surface area contributed by atoms with E-state index in [9.17, 15) is 4.39 Å². The van der Waals surface area contributed by atoms with Gasteiger partial charge in [0, 0.05) is 6.07 Å². The molecule has 2 unspecified atom stereocenters. The predicted molar refractivity (Wildman–Crippen MR) is 46.7 cm³/mol. The average Bonchev–Trinajstić information content (AvgIpc) is 2.77. The van der Waals surface area contributed by atoms with Gasteiger partial charge in [-0.05, 0) is 13.3 Å². The fourth-order valence-electron chi connectivity index (χ4n) is 1.42. The first-order chi connectivity index (χ1) is 7.20. The van der Waals surface area contributed by atoms with Crippen LogP contribution < -0.4 is 0 Å². The lowest BCUT2D eigenvalue weighted by molar-refractivity contribution is 0.324. The van der Waals surface area contributed by atoms with Crippen LogP contribution in [-0.2, 0) is 5.41 Å². The minimum atomic E-state index is -0.886. The van der Waals surface area contributed by atoms with Crippen molar-refractivity contribution in [3.05, 3.63) is 18.2 Å². The minimum Gasteiger partial charge on any atom is -0.364 e. The van der Waals surface area contributed by atoms with Gasteiger partial charge in [-0.2, -0.15) is 4.98 Å². The van der Waals surface area contributed by atoms with E-state index >= 15 is 0 Å². The first-order valence-electron chi connectivity index (χ1n) is 4.59. The van der Waals surface area contributed by atoms with Gasteiger partial charge in [-0.1, -0.05) is 10.3 Å². The molecule has 1 aliphatic rings. The van der Waals surface area contributed by atoms with E-state index in [4.69, 9.17) is 4.52 Å². The molecule has 0 spiro atoms. The molecule has 2 aromatic heterocycles. The third kappa shape index (κ3) is 1.17. The highest BCUT2D eigenvalue weighted by atomic mass is 19.1. The Labute approximate surface area is 84.3 Å². The van der Waals surface area contributed by atoms with Crippen LogP contribution in [0.3, 0.4) is 0 Å². The number of aromatic nitrogens is 3. The molecule has 0 aliphatic heterocycles. The van der Waals surface area contributed by atoms with E-state index in [1.165, 1.54) is 6.26 Å². The Morgan fingerprint density at radius 3 is 2.93 bits per heavy atom. The van der Waals surface area contributed by atoms with E-state index in [2.05, 4.69) is 19.8 Å². The van der Waals surface area contributed by atoms with Crippen LogP contribution in [0.2, 0.25) is 0 Å². The van der Waals surface area contributed by atoms with Gasteiger partial charge in [0.1, 0.15) is 12.4 Å².